The third kappa shape index (κ3) is 2.03. The molecule has 4 saturated carbocycles. The van der Waals surface area contributed by atoms with Crippen molar-refractivity contribution in [2.75, 3.05) is 13.6 Å². The lowest BCUT2D eigenvalue weighted by molar-refractivity contribution is -0.00991. The lowest BCUT2D eigenvalue weighted by Gasteiger charge is -2.53. The van der Waals surface area contributed by atoms with E-state index in [0.717, 1.165) is 42.5 Å². The molecule has 0 atom stereocenters. The Morgan fingerprint density at radius 1 is 1.16 bits per heavy atom. The monoisotopic (exact) mass is 260 g/mol. The normalized spacial score (nSPS) is 39.9. The molecule has 1 N–H and O–H groups in total. The molecule has 3 nitrogen and oxygen atoms in total. The summed E-state index contributed by atoms with van der Waals surface area (Å²) < 4.78 is 6.06. The predicted molar refractivity (Wildman–Crippen MR) is 73.9 cm³/mol. The Bertz CT molecular complexity index is 425. The van der Waals surface area contributed by atoms with E-state index in [0.29, 0.717) is 5.92 Å². The molecule has 0 aromatic carbocycles. The van der Waals surface area contributed by atoms with Gasteiger partial charge in [0, 0.05) is 18.9 Å². The molecule has 5 rings (SSSR count). The van der Waals surface area contributed by atoms with Crippen LogP contribution in [0.5, 0.6) is 0 Å². The van der Waals surface area contributed by atoms with E-state index < -0.39 is 0 Å². The first kappa shape index (κ1) is 12.0. The van der Waals surface area contributed by atoms with Crippen molar-refractivity contribution >= 4 is 0 Å². The van der Waals surface area contributed by atoms with Crippen LogP contribution in [0.3, 0.4) is 0 Å². The summed E-state index contributed by atoms with van der Waals surface area (Å²) in [6.45, 7) is 0.946. The molecule has 104 valence electrons. The second kappa shape index (κ2) is 4.62. The first-order valence-electron chi connectivity index (χ1n) is 7.92. The molecule has 3 heteroatoms. The SMILES string of the molecule is CNCCc1ncc(C2C3CC4CC(C3)CC2C4)o1. The zero-order chi connectivity index (χ0) is 12.8. The van der Waals surface area contributed by atoms with Gasteiger partial charge in [0.25, 0.3) is 0 Å². The summed E-state index contributed by atoms with van der Waals surface area (Å²) in [6.07, 6.45) is 10.2. The fourth-order valence-electron chi connectivity index (χ4n) is 5.22. The van der Waals surface area contributed by atoms with Crippen LogP contribution >= 0.6 is 0 Å². The van der Waals surface area contributed by atoms with Crippen molar-refractivity contribution in [2.24, 2.45) is 23.7 Å². The lowest BCUT2D eigenvalue weighted by atomic mass is 9.51. The van der Waals surface area contributed by atoms with E-state index in [4.69, 9.17) is 4.42 Å². The molecule has 0 spiro atoms. The average Bonchev–Trinajstić information content (AvgIpc) is 2.83. The van der Waals surface area contributed by atoms with Crippen LogP contribution in [0.2, 0.25) is 0 Å². The minimum Gasteiger partial charge on any atom is -0.445 e. The zero-order valence-corrected chi connectivity index (χ0v) is 11.8. The second-order valence-electron chi connectivity index (χ2n) is 6.97. The molecule has 4 aliphatic carbocycles. The molecule has 4 aliphatic rings. The highest BCUT2D eigenvalue weighted by Crippen LogP contribution is 2.59. The number of hydrogen-bond acceptors (Lipinski definition) is 3. The maximum absolute atomic E-state index is 6.06. The summed E-state index contributed by atoms with van der Waals surface area (Å²) in [4.78, 5) is 4.48. The van der Waals surface area contributed by atoms with E-state index in [1.165, 1.54) is 37.9 Å². The van der Waals surface area contributed by atoms with Crippen molar-refractivity contribution in [3.63, 3.8) is 0 Å². The largest absolute Gasteiger partial charge is 0.445 e. The highest BCUT2D eigenvalue weighted by atomic mass is 16.4. The van der Waals surface area contributed by atoms with E-state index in [1.807, 2.05) is 13.2 Å². The molecule has 19 heavy (non-hydrogen) atoms. The van der Waals surface area contributed by atoms with Gasteiger partial charge in [-0.3, -0.25) is 0 Å². The Hall–Kier alpha value is -0.830. The number of rotatable bonds is 4. The Balaban J connectivity index is 1.54. The summed E-state index contributed by atoms with van der Waals surface area (Å²) in [5.41, 5.74) is 0. The molecule has 0 saturated heterocycles. The Morgan fingerprint density at radius 3 is 2.47 bits per heavy atom. The minimum atomic E-state index is 0.684. The van der Waals surface area contributed by atoms with E-state index in [2.05, 4.69) is 10.3 Å². The molecule has 4 fully saturated rings. The molecule has 1 aromatic heterocycles. The van der Waals surface area contributed by atoms with Crippen LogP contribution in [0.1, 0.15) is 49.7 Å². The minimum absolute atomic E-state index is 0.684. The highest BCUT2D eigenvalue weighted by Gasteiger charge is 2.49. The van der Waals surface area contributed by atoms with Crippen LogP contribution < -0.4 is 5.32 Å². The maximum atomic E-state index is 6.06. The Labute approximate surface area is 115 Å². The van der Waals surface area contributed by atoms with Crippen LogP contribution in [-0.4, -0.2) is 18.6 Å². The Morgan fingerprint density at radius 2 is 1.84 bits per heavy atom. The Kier molecular flexibility index (Phi) is 2.91. The lowest BCUT2D eigenvalue weighted by Crippen LogP contribution is -2.43. The smallest absolute Gasteiger partial charge is 0.195 e. The van der Waals surface area contributed by atoms with Gasteiger partial charge in [-0.25, -0.2) is 4.98 Å². The van der Waals surface area contributed by atoms with Gasteiger partial charge in [-0.05, 0) is 62.8 Å². The van der Waals surface area contributed by atoms with Crippen LogP contribution in [0.25, 0.3) is 0 Å². The van der Waals surface area contributed by atoms with Gasteiger partial charge in [-0.15, -0.1) is 0 Å². The third-order valence-corrected chi connectivity index (χ3v) is 5.72. The second-order valence-corrected chi connectivity index (χ2v) is 6.97. The molecule has 4 bridgehead atoms. The number of nitrogens with one attached hydrogen (secondary N) is 1. The topological polar surface area (TPSA) is 38.1 Å². The van der Waals surface area contributed by atoms with E-state index >= 15 is 0 Å². The van der Waals surface area contributed by atoms with Crippen LogP contribution in [0.15, 0.2) is 10.6 Å². The number of hydrogen-bond donors (Lipinski definition) is 1. The summed E-state index contributed by atoms with van der Waals surface area (Å²) in [5, 5.41) is 3.16. The van der Waals surface area contributed by atoms with Crippen LogP contribution in [0.4, 0.5) is 0 Å². The van der Waals surface area contributed by atoms with E-state index in [9.17, 15) is 0 Å². The average molecular weight is 260 g/mol. The quantitative estimate of drug-likeness (QED) is 0.904. The summed E-state index contributed by atoms with van der Waals surface area (Å²) >= 11 is 0. The van der Waals surface area contributed by atoms with Crippen molar-refractivity contribution in [1.82, 2.24) is 10.3 Å². The van der Waals surface area contributed by atoms with Gasteiger partial charge in [0.2, 0.25) is 0 Å². The number of likely N-dealkylation sites (N-methyl/N-ethyl adjacent to an activating group) is 1. The van der Waals surface area contributed by atoms with Gasteiger partial charge in [0.1, 0.15) is 5.76 Å². The van der Waals surface area contributed by atoms with Gasteiger partial charge >= 0.3 is 0 Å². The maximum Gasteiger partial charge on any atom is 0.195 e. The first-order valence-corrected chi connectivity index (χ1v) is 7.92. The van der Waals surface area contributed by atoms with Gasteiger partial charge in [-0.2, -0.15) is 0 Å². The van der Waals surface area contributed by atoms with Gasteiger partial charge in [0.15, 0.2) is 5.89 Å². The molecule has 0 amide bonds. The van der Waals surface area contributed by atoms with Gasteiger partial charge in [0.05, 0.1) is 6.20 Å². The van der Waals surface area contributed by atoms with E-state index in [-0.39, 0.29) is 0 Å². The molecular formula is C16H24N2O. The third-order valence-electron chi connectivity index (χ3n) is 5.72. The van der Waals surface area contributed by atoms with E-state index in [1.54, 1.807) is 0 Å². The summed E-state index contributed by atoms with van der Waals surface area (Å²) in [7, 11) is 1.97. The van der Waals surface area contributed by atoms with Crippen molar-refractivity contribution in [2.45, 2.75) is 44.4 Å². The van der Waals surface area contributed by atoms with Crippen molar-refractivity contribution in [3.05, 3.63) is 17.8 Å². The predicted octanol–water partition coefficient (Wildman–Crippen LogP) is 2.98. The zero-order valence-electron chi connectivity index (χ0n) is 11.8. The van der Waals surface area contributed by atoms with Crippen LogP contribution in [0, 0.1) is 23.7 Å². The standard InChI is InChI=1S/C16H24N2O/c1-17-3-2-15-18-9-14(19-15)16-12-5-10-4-11(7-12)8-13(16)6-10/h9-13,16-17H,2-8H2,1H3. The molecule has 1 heterocycles. The highest BCUT2D eigenvalue weighted by molar-refractivity contribution is 5.13. The van der Waals surface area contributed by atoms with Crippen LogP contribution in [-0.2, 0) is 6.42 Å². The van der Waals surface area contributed by atoms with Crippen molar-refractivity contribution < 1.29 is 4.42 Å². The molecular weight excluding hydrogens is 236 g/mol. The van der Waals surface area contributed by atoms with Gasteiger partial charge in [-0.1, -0.05) is 0 Å². The van der Waals surface area contributed by atoms with Crippen molar-refractivity contribution in [1.29, 1.82) is 0 Å². The van der Waals surface area contributed by atoms with Crippen molar-refractivity contribution in [3.8, 4) is 0 Å². The molecule has 1 aromatic rings. The summed E-state index contributed by atoms with van der Waals surface area (Å²) in [6, 6.07) is 0. The molecule has 0 radical (unpaired) electrons. The summed E-state index contributed by atoms with van der Waals surface area (Å²) in [5.74, 6) is 6.64. The number of oxazole rings is 1. The van der Waals surface area contributed by atoms with Gasteiger partial charge < -0.3 is 9.73 Å². The fraction of sp³-hybridized carbons (Fsp3) is 0.812. The number of nitrogens with zero attached hydrogens (tertiary/aromatic N) is 1. The fourth-order valence-corrected chi connectivity index (χ4v) is 5.22. The first-order chi connectivity index (χ1) is 9.33. The molecule has 0 unspecified atom stereocenters. The molecule has 0 aliphatic heterocycles. The number of aromatic nitrogens is 1.